The van der Waals surface area contributed by atoms with Crippen LogP contribution in [0.25, 0.3) is 28.0 Å². The Morgan fingerprint density at radius 1 is 1.20 bits per heavy atom. The Morgan fingerprint density at radius 3 is 2.69 bits per heavy atom. The number of piperidine rings is 1. The van der Waals surface area contributed by atoms with Crippen LogP contribution in [0.5, 0.6) is 5.75 Å². The minimum absolute atomic E-state index is 0.127. The number of carbonyl (C=O) groups excluding carboxylic acids is 1. The number of fused-ring (bicyclic) bond motifs is 1. The summed E-state index contributed by atoms with van der Waals surface area (Å²) in [6.45, 7) is 7.40. The van der Waals surface area contributed by atoms with Crippen LogP contribution in [0.15, 0.2) is 47.0 Å². The molecule has 4 heterocycles. The average molecular weight is 475 g/mol. The van der Waals surface area contributed by atoms with Gasteiger partial charge in [-0.3, -0.25) is 0 Å². The number of hydrogen-bond donors (Lipinski definition) is 0. The number of hydrogen-bond acceptors (Lipinski definition) is 6. The molecule has 0 saturated carbocycles. The number of nitrogens with zero attached hydrogens (tertiary/aromatic N) is 4. The molecule has 8 nitrogen and oxygen atoms in total. The molecule has 1 unspecified atom stereocenters. The van der Waals surface area contributed by atoms with E-state index in [-0.39, 0.29) is 12.0 Å². The molecule has 8 heteroatoms. The molecule has 3 aromatic heterocycles. The lowest BCUT2D eigenvalue weighted by atomic mass is 9.94. The first-order chi connectivity index (χ1) is 17.0. The first-order valence-electron chi connectivity index (χ1n) is 12.0. The van der Waals surface area contributed by atoms with Crippen LogP contribution >= 0.6 is 0 Å². The number of carbonyl (C=O) groups is 1. The molecule has 0 spiro atoms. The standard InChI is InChI=1S/C27H30N4O4/c1-5-34-27(32)30-14-6-7-20(16-30)23-12-13-28-26-24(19-8-10-21(33-4)11-9-19)25(29-31(23)26)22-15-17(2)35-18(22)3/h8-13,15,20H,5-7,14,16H2,1-4H3. The zero-order chi connectivity index (χ0) is 24.5. The van der Waals surface area contributed by atoms with E-state index in [0.717, 1.165) is 63.8 Å². The summed E-state index contributed by atoms with van der Waals surface area (Å²) in [5, 5.41) is 5.09. The molecular weight excluding hydrogens is 444 g/mol. The third-order valence-electron chi connectivity index (χ3n) is 6.59. The number of likely N-dealkylation sites (tertiary alicyclic amines) is 1. The quantitative estimate of drug-likeness (QED) is 0.374. The summed E-state index contributed by atoms with van der Waals surface area (Å²) in [6.07, 6.45) is 3.45. The fourth-order valence-electron chi connectivity index (χ4n) is 4.95. The van der Waals surface area contributed by atoms with Crippen LogP contribution < -0.4 is 4.74 Å². The summed E-state index contributed by atoms with van der Waals surface area (Å²) in [5.74, 6) is 2.56. The van der Waals surface area contributed by atoms with Gasteiger partial charge in [-0.1, -0.05) is 12.1 Å². The van der Waals surface area contributed by atoms with Crippen molar-refractivity contribution in [3.05, 3.63) is 59.8 Å². The van der Waals surface area contributed by atoms with Gasteiger partial charge in [0.25, 0.3) is 0 Å². The summed E-state index contributed by atoms with van der Waals surface area (Å²) in [5.41, 5.74) is 5.51. The van der Waals surface area contributed by atoms with Gasteiger partial charge in [-0.15, -0.1) is 0 Å². The number of amides is 1. The predicted octanol–water partition coefficient (Wildman–Crippen LogP) is 5.62. The molecule has 1 fully saturated rings. The Kier molecular flexibility index (Phi) is 6.19. The maximum absolute atomic E-state index is 12.4. The number of ether oxygens (including phenoxy) is 2. The van der Waals surface area contributed by atoms with Crippen molar-refractivity contribution in [2.24, 2.45) is 0 Å². The van der Waals surface area contributed by atoms with Crippen LogP contribution in [0, 0.1) is 13.8 Å². The van der Waals surface area contributed by atoms with Crippen LogP contribution in [-0.2, 0) is 4.74 Å². The second-order valence-electron chi connectivity index (χ2n) is 8.87. The lowest BCUT2D eigenvalue weighted by Gasteiger charge is -2.32. The van der Waals surface area contributed by atoms with Crippen LogP contribution in [0.3, 0.4) is 0 Å². The Morgan fingerprint density at radius 2 is 2.00 bits per heavy atom. The van der Waals surface area contributed by atoms with E-state index >= 15 is 0 Å². The van der Waals surface area contributed by atoms with Gasteiger partial charge in [-0.2, -0.15) is 5.10 Å². The van der Waals surface area contributed by atoms with Crippen molar-refractivity contribution in [3.8, 4) is 28.1 Å². The number of rotatable bonds is 5. The smallest absolute Gasteiger partial charge is 0.409 e. The molecule has 182 valence electrons. The first-order valence-corrected chi connectivity index (χ1v) is 12.0. The van der Waals surface area contributed by atoms with Gasteiger partial charge >= 0.3 is 6.09 Å². The molecule has 5 rings (SSSR count). The number of benzene rings is 1. The maximum Gasteiger partial charge on any atom is 0.409 e. The number of methoxy groups -OCH3 is 1. The molecule has 35 heavy (non-hydrogen) atoms. The van der Waals surface area contributed by atoms with Crippen LogP contribution in [0.1, 0.15) is 42.9 Å². The number of aromatic nitrogens is 3. The molecule has 1 atom stereocenters. The second kappa shape index (κ2) is 9.44. The van der Waals surface area contributed by atoms with Gasteiger partial charge in [-0.05, 0) is 63.4 Å². The van der Waals surface area contributed by atoms with E-state index in [1.54, 1.807) is 12.0 Å². The summed E-state index contributed by atoms with van der Waals surface area (Å²) < 4.78 is 18.4. The molecule has 0 aliphatic carbocycles. The fraction of sp³-hybridized carbons (Fsp3) is 0.370. The number of aryl methyl sites for hydroxylation is 2. The molecule has 1 aliphatic heterocycles. The Balaban J connectivity index is 1.65. The van der Waals surface area contributed by atoms with Gasteiger partial charge < -0.3 is 18.8 Å². The van der Waals surface area contributed by atoms with Crippen molar-refractivity contribution in [3.63, 3.8) is 0 Å². The van der Waals surface area contributed by atoms with Crippen LogP contribution in [0.4, 0.5) is 4.79 Å². The molecule has 0 bridgehead atoms. The maximum atomic E-state index is 12.4. The molecule has 1 aromatic carbocycles. The third kappa shape index (κ3) is 4.24. The largest absolute Gasteiger partial charge is 0.497 e. The summed E-state index contributed by atoms with van der Waals surface area (Å²) >= 11 is 0. The Hall–Kier alpha value is -3.81. The minimum Gasteiger partial charge on any atom is -0.497 e. The Labute approximate surface area is 204 Å². The Bertz CT molecular complexity index is 1360. The lowest BCUT2D eigenvalue weighted by Crippen LogP contribution is -2.39. The van der Waals surface area contributed by atoms with Gasteiger partial charge in [-0.25, -0.2) is 14.3 Å². The van der Waals surface area contributed by atoms with Crippen molar-refractivity contribution >= 4 is 11.7 Å². The van der Waals surface area contributed by atoms with E-state index in [0.29, 0.717) is 19.7 Å². The summed E-state index contributed by atoms with van der Waals surface area (Å²) in [4.78, 5) is 19.0. The van der Waals surface area contributed by atoms with E-state index < -0.39 is 0 Å². The summed E-state index contributed by atoms with van der Waals surface area (Å²) in [6, 6.07) is 12.0. The minimum atomic E-state index is -0.257. The highest BCUT2D eigenvalue weighted by atomic mass is 16.6. The van der Waals surface area contributed by atoms with Crippen LogP contribution in [-0.4, -0.2) is 52.4 Å². The van der Waals surface area contributed by atoms with Crippen molar-refractivity contribution < 1.29 is 18.7 Å². The molecule has 4 aromatic rings. The fourth-order valence-corrected chi connectivity index (χ4v) is 4.95. The molecule has 1 aliphatic rings. The highest BCUT2D eigenvalue weighted by Crippen LogP contribution is 2.39. The first kappa shape index (κ1) is 23.0. The molecule has 0 radical (unpaired) electrons. The van der Waals surface area contributed by atoms with Crippen molar-refractivity contribution in [2.75, 3.05) is 26.8 Å². The monoisotopic (exact) mass is 474 g/mol. The zero-order valence-corrected chi connectivity index (χ0v) is 20.6. The highest BCUT2D eigenvalue weighted by molar-refractivity contribution is 5.91. The number of furan rings is 1. The van der Waals surface area contributed by atoms with Crippen LogP contribution in [0.2, 0.25) is 0 Å². The van der Waals surface area contributed by atoms with Crippen molar-refractivity contribution in [1.82, 2.24) is 19.5 Å². The van der Waals surface area contributed by atoms with E-state index in [2.05, 4.69) is 0 Å². The van der Waals surface area contributed by atoms with Crippen molar-refractivity contribution in [2.45, 2.75) is 39.5 Å². The normalized spacial score (nSPS) is 16.0. The third-order valence-corrected chi connectivity index (χ3v) is 6.59. The van der Waals surface area contributed by atoms with Gasteiger partial charge in [0.2, 0.25) is 0 Å². The van der Waals surface area contributed by atoms with E-state index in [1.165, 1.54) is 0 Å². The lowest BCUT2D eigenvalue weighted by molar-refractivity contribution is 0.0953. The molecule has 1 saturated heterocycles. The average Bonchev–Trinajstić information content (AvgIpc) is 3.43. The SMILES string of the molecule is CCOC(=O)N1CCCC(c2ccnc3c(-c4ccc(OC)cc4)c(-c4cc(C)oc4C)nn23)C1. The van der Waals surface area contributed by atoms with E-state index in [4.69, 9.17) is 24.0 Å². The van der Waals surface area contributed by atoms with Gasteiger partial charge in [0.05, 0.1) is 25.0 Å². The molecule has 0 N–H and O–H groups in total. The van der Waals surface area contributed by atoms with Gasteiger partial charge in [0.1, 0.15) is 23.0 Å². The van der Waals surface area contributed by atoms with Gasteiger partial charge in [0.15, 0.2) is 5.65 Å². The van der Waals surface area contributed by atoms with Crippen molar-refractivity contribution in [1.29, 1.82) is 0 Å². The van der Waals surface area contributed by atoms with E-state index in [9.17, 15) is 4.79 Å². The molecular formula is C27H30N4O4. The summed E-state index contributed by atoms with van der Waals surface area (Å²) in [7, 11) is 1.66. The molecule has 1 amide bonds. The highest BCUT2D eigenvalue weighted by Gasteiger charge is 2.29. The van der Waals surface area contributed by atoms with Gasteiger partial charge in [0, 0.05) is 30.8 Å². The second-order valence-corrected chi connectivity index (χ2v) is 8.87. The van der Waals surface area contributed by atoms with E-state index in [1.807, 2.05) is 67.9 Å². The zero-order valence-electron chi connectivity index (χ0n) is 20.6. The topological polar surface area (TPSA) is 82.1 Å². The predicted molar refractivity (Wildman–Crippen MR) is 133 cm³/mol.